The minimum absolute atomic E-state index is 0.0928. The average Bonchev–Trinajstić information content (AvgIpc) is 2.29. The van der Waals surface area contributed by atoms with Crippen molar-refractivity contribution in [3.8, 4) is 5.75 Å². The van der Waals surface area contributed by atoms with Crippen molar-refractivity contribution in [2.24, 2.45) is 5.92 Å². The van der Waals surface area contributed by atoms with E-state index in [2.05, 4.69) is 26.8 Å². The van der Waals surface area contributed by atoms with Crippen LogP contribution >= 0.6 is 0 Å². The summed E-state index contributed by atoms with van der Waals surface area (Å²) in [5.41, 5.74) is 1.14. The molecule has 0 radical (unpaired) electrons. The van der Waals surface area contributed by atoms with Gasteiger partial charge in [-0.1, -0.05) is 32.0 Å². The summed E-state index contributed by atoms with van der Waals surface area (Å²) in [5.74, 6) is 1.63. The van der Waals surface area contributed by atoms with Crippen molar-refractivity contribution in [2.45, 2.75) is 40.2 Å². The Kier molecular flexibility index (Phi) is 6.06. The number of ether oxygens (including phenoxy) is 2. The quantitative estimate of drug-likeness (QED) is 0.706. The molecule has 1 atom stereocenters. The Hall–Kier alpha value is -1.02. The Morgan fingerprint density at radius 1 is 1.12 bits per heavy atom. The number of benzene rings is 1. The molecular weight excluding hydrogens is 212 g/mol. The maximum absolute atomic E-state index is 5.84. The van der Waals surface area contributed by atoms with Crippen molar-refractivity contribution < 1.29 is 9.47 Å². The van der Waals surface area contributed by atoms with E-state index in [4.69, 9.17) is 9.47 Å². The average molecular weight is 236 g/mol. The lowest BCUT2D eigenvalue weighted by atomic mass is 10.1. The first kappa shape index (κ1) is 14.0. The Morgan fingerprint density at radius 2 is 1.82 bits per heavy atom. The molecule has 0 heterocycles. The Morgan fingerprint density at radius 3 is 2.47 bits per heavy atom. The van der Waals surface area contributed by atoms with E-state index in [1.165, 1.54) is 0 Å². The topological polar surface area (TPSA) is 18.5 Å². The smallest absolute Gasteiger partial charge is 0.125 e. The van der Waals surface area contributed by atoms with Gasteiger partial charge in [0.1, 0.15) is 5.75 Å². The summed E-state index contributed by atoms with van der Waals surface area (Å²) >= 11 is 0. The Bertz CT molecular complexity index is 320. The first-order valence-electron chi connectivity index (χ1n) is 6.48. The van der Waals surface area contributed by atoms with Crippen LogP contribution in [0.4, 0.5) is 0 Å². The zero-order valence-corrected chi connectivity index (χ0v) is 11.4. The Balaban J connectivity index is 2.63. The van der Waals surface area contributed by atoms with Crippen LogP contribution in [0.15, 0.2) is 24.3 Å². The summed E-state index contributed by atoms with van der Waals surface area (Å²) in [6.07, 6.45) is 1.17. The van der Waals surface area contributed by atoms with Gasteiger partial charge in [0.25, 0.3) is 0 Å². The van der Waals surface area contributed by atoms with Gasteiger partial charge in [-0.15, -0.1) is 0 Å². The van der Waals surface area contributed by atoms with Gasteiger partial charge in [0.05, 0.1) is 12.7 Å². The molecule has 0 aromatic heterocycles. The van der Waals surface area contributed by atoms with Crippen LogP contribution in [0, 0.1) is 5.92 Å². The van der Waals surface area contributed by atoms with Gasteiger partial charge in [0.15, 0.2) is 0 Å². The standard InChI is InChI=1S/C15H24O2/c1-5-16-13(4)14-8-6-7-9-15(14)17-11-10-12(2)3/h6-9,12-13H,5,10-11H2,1-4H3. The fourth-order valence-electron chi connectivity index (χ4n) is 1.69. The van der Waals surface area contributed by atoms with Crippen molar-refractivity contribution in [1.29, 1.82) is 0 Å². The fraction of sp³-hybridized carbons (Fsp3) is 0.600. The molecule has 0 saturated carbocycles. The molecule has 1 rings (SSSR count). The van der Waals surface area contributed by atoms with Crippen molar-refractivity contribution >= 4 is 0 Å². The number of hydrogen-bond acceptors (Lipinski definition) is 2. The summed E-state index contributed by atoms with van der Waals surface area (Å²) in [6.45, 7) is 9.98. The second-order valence-corrected chi connectivity index (χ2v) is 4.67. The normalized spacial score (nSPS) is 12.8. The molecule has 2 heteroatoms. The molecule has 17 heavy (non-hydrogen) atoms. The second-order valence-electron chi connectivity index (χ2n) is 4.67. The second kappa shape index (κ2) is 7.33. The minimum Gasteiger partial charge on any atom is -0.493 e. The van der Waals surface area contributed by atoms with E-state index >= 15 is 0 Å². The van der Waals surface area contributed by atoms with E-state index in [-0.39, 0.29) is 6.10 Å². The monoisotopic (exact) mass is 236 g/mol. The summed E-state index contributed by atoms with van der Waals surface area (Å²) in [4.78, 5) is 0. The van der Waals surface area contributed by atoms with Crippen molar-refractivity contribution in [1.82, 2.24) is 0 Å². The largest absolute Gasteiger partial charge is 0.493 e. The number of para-hydroxylation sites is 1. The first-order chi connectivity index (χ1) is 8.15. The lowest BCUT2D eigenvalue weighted by molar-refractivity contribution is 0.0738. The third-order valence-electron chi connectivity index (χ3n) is 2.73. The van der Waals surface area contributed by atoms with Gasteiger partial charge in [-0.3, -0.25) is 0 Å². The molecule has 0 fully saturated rings. The van der Waals surface area contributed by atoms with Gasteiger partial charge < -0.3 is 9.47 Å². The van der Waals surface area contributed by atoms with E-state index in [9.17, 15) is 0 Å². The molecule has 1 unspecified atom stereocenters. The van der Waals surface area contributed by atoms with E-state index in [1.807, 2.05) is 25.1 Å². The van der Waals surface area contributed by atoms with Crippen molar-refractivity contribution in [3.63, 3.8) is 0 Å². The lowest BCUT2D eigenvalue weighted by Crippen LogP contribution is -2.06. The highest BCUT2D eigenvalue weighted by Crippen LogP contribution is 2.27. The van der Waals surface area contributed by atoms with Crippen LogP contribution in [0.2, 0.25) is 0 Å². The van der Waals surface area contributed by atoms with E-state index in [0.717, 1.165) is 30.9 Å². The molecule has 0 amide bonds. The van der Waals surface area contributed by atoms with Gasteiger partial charge in [-0.25, -0.2) is 0 Å². The zero-order chi connectivity index (χ0) is 12.7. The highest BCUT2D eigenvalue weighted by molar-refractivity contribution is 5.34. The fourth-order valence-corrected chi connectivity index (χ4v) is 1.69. The predicted octanol–water partition coefficient (Wildman–Crippen LogP) is 4.21. The van der Waals surface area contributed by atoms with Crippen LogP contribution in [-0.2, 0) is 4.74 Å². The van der Waals surface area contributed by atoms with Crippen LogP contribution in [0.5, 0.6) is 5.75 Å². The lowest BCUT2D eigenvalue weighted by Gasteiger charge is -2.17. The van der Waals surface area contributed by atoms with Crippen LogP contribution in [0.3, 0.4) is 0 Å². The van der Waals surface area contributed by atoms with Gasteiger partial charge in [0, 0.05) is 12.2 Å². The van der Waals surface area contributed by atoms with Gasteiger partial charge in [0.2, 0.25) is 0 Å². The molecule has 0 bridgehead atoms. The molecule has 0 spiro atoms. The van der Waals surface area contributed by atoms with Crippen LogP contribution < -0.4 is 4.74 Å². The van der Waals surface area contributed by atoms with E-state index < -0.39 is 0 Å². The number of rotatable bonds is 7. The highest BCUT2D eigenvalue weighted by atomic mass is 16.5. The molecular formula is C15H24O2. The van der Waals surface area contributed by atoms with Crippen molar-refractivity contribution in [3.05, 3.63) is 29.8 Å². The molecule has 0 aliphatic carbocycles. The molecule has 1 aromatic carbocycles. The van der Waals surface area contributed by atoms with Crippen LogP contribution in [0.1, 0.15) is 45.8 Å². The van der Waals surface area contributed by atoms with Crippen LogP contribution in [0.25, 0.3) is 0 Å². The molecule has 2 nitrogen and oxygen atoms in total. The summed E-state index contributed by atoms with van der Waals surface area (Å²) < 4.78 is 11.5. The summed E-state index contributed by atoms with van der Waals surface area (Å²) in [6, 6.07) is 8.13. The van der Waals surface area contributed by atoms with Crippen molar-refractivity contribution in [2.75, 3.05) is 13.2 Å². The molecule has 0 N–H and O–H groups in total. The molecule has 0 aliphatic rings. The van der Waals surface area contributed by atoms with Crippen LogP contribution in [-0.4, -0.2) is 13.2 Å². The third kappa shape index (κ3) is 4.78. The molecule has 0 saturated heterocycles. The number of hydrogen-bond donors (Lipinski definition) is 0. The molecule has 0 aliphatic heterocycles. The van der Waals surface area contributed by atoms with E-state index in [0.29, 0.717) is 5.92 Å². The Labute approximate surface area is 105 Å². The highest BCUT2D eigenvalue weighted by Gasteiger charge is 2.10. The summed E-state index contributed by atoms with van der Waals surface area (Å²) in [7, 11) is 0. The van der Waals surface area contributed by atoms with Gasteiger partial charge >= 0.3 is 0 Å². The molecule has 96 valence electrons. The van der Waals surface area contributed by atoms with Gasteiger partial charge in [-0.2, -0.15) is 0 Å². The first-order valence-corrected chi connectivity index (χ1v) is 6.48. The van der Waals surface area contributed by atoms with Gasteiger partial charge in [-0.05, 0) is 32.3 Å². The third-order valence-corrected chi connectivity index (χ3v) is 2.73. The zero-order valence-electron chi connectivity index (χ0n) is 11.4. The minimum atomic E-state index is 0.0928. The summed E-state index contributed by atoms with van der Waals surface area (Å²) in [5, 5.41) is 0. The maximum Gasteiger partial charge on any atom is 0.125 e. The SMILES string of the molecule is CCOC(C)c1ccccc1OCCC(C)C. The van der Waals surface area contributed by atoms with E-state index in [1.54, 1.807) is 0 Å². The maximum atomic E-state index is 5.84. The predicted molar refractivity (Wildman–Crippen MR) is 71.4 cm³/mol. The molecule has 1 aromatic rings.